The predicted octanol–water partition coefficient (Wildman–Crippen LogP) is 2.33. The fraction of sp³-hybridized carbons (Fsp3) is 0.455. The summed E-state index contributed by atoms with van der Waals surface area (Å²) in [6, 6.07) is 0. The van der Waals surface area contributed by atoms with Gasteiger partial charge in [0, 0.05) is 37.6 Å². The van der Waals surface area contributed by atoms with Crippen LogP contribution in [0.1, 0.15) is 31.9 Å². The van der Waals surface area contributed by atoms with Gasteiger partial charge in [-0.05, 0) is 6.42 Å². The van der Waals surface area contributed by atoms with E-state index in [4.69, 9.17) is 0 Å². The summed E-state index contributed by atoms with van der Waals surface area (Å²) in [7, 11) is 0. The van der Waals surface area contributed by atoms with Gasteiger partial charge < -0.3 is 9.97 Å². The van der Waals surface area contributed by atoms with Crippen molar-refractivity contribution in [3.05, 3.63) is 36.4 Å². The van der Waals surface area contributed by atoms with Crippen LogP contribution in [0.5, 0.6) is 0 Å². The van der Waals surface area contributed by atoms with Crippen molar-refractivity contribution in [1.82, 2.24) is 19.9 Å². The SMILES string of the molecule is CCCc1ncc[nH]1.CCc1ncc[nH]1. The van der Waals surface area contributed by atoms with Gasteiger partial charge in [0.15, 0.2) is 0 Å². The van der Waals surface area contributed by atoms with Gasteiger partial charge in [0.1, 0.15) is 11.6 Å². The predicted molar refractivity (Wildman–Crippen MR) is 60.5 cm³/mol. The van der Waals surface area contributed by atoms with Crippen LogP contribution in [0.2, 0.25) is 0 Å². The van der Waals surface area contributed by atoms with E-state index in [0.29, 0.717) is 0 Å². The fourth-order valence-corrected chi connectivity index (χ4v) is 1.16. The number of aromatic nitrogens is 4. The Labute approximate surface area is 90.2 Å². The largest absolute Gasteiger partial charge is 0.349 e. The highest BCUT2D eigenvalue weighted by Gasteiger charge is 1.87. The Morgan fingerprint density at radius 2 is 1.60 bits per heavy atom. The van der Waals surface area contributed by atoms with Crippen molar-refractivity contribution < 1.29 is 0 Å². The first-order chi connectivity index (χ1) is 7.36. The van der Waals surface area contributed by atoms with Gasteiger partial charge in [-0.25, -0.2) is 9.97 Å². The standard InChI is InChI=1S/C6H10N2.C5H8N2/c1-2-3-6-7-4-5-8-6;1-2-5-6-3-4-7-5/h4-5H,2-3H2,1H3,(H,7,8);3-4H,2H2,1H3,(H,6,7). The van der Waals surface area contributed by atoms with Gasteiger partial charge >= 0.3 is 0 Å². The molecule has 4 heteroatoms. The third-order valence-electron chi connectivity index (χ3n) is 1.93. The number of aryl methyl sites for hydroxylation is 2. The Balaban J connectivity index is 0.000000151. The van der Waals surface area contributed by atoms with Crippen molar-refractivity contribution in [2.24, 2.45) is 0 Å². The summed E-state index contributed by atoms with van der Waals surface area (Å²) in [5.74, 6) is 2.15. The molecule has 4 nitrogen and oxygen atoms in total. The lowest BCUT2D eigenvalue weighted by Crippen LogP contribution is -1.83. The molecule has 15 heavy (non-hydrogen) atoms. The van der Waals surface area contributed by atoms with E-state index >= 15 is 0 Å². The molecule has 0 saturated heterocycles. The number of aromatic amines is 2. The highest BCUT2D eigenvalue weighted by Crippen LogP contribution is 1.91. The van der Waals surface area contributed by atoms with Crippen LogP contribution in [0.25, 0.3) is 0 Å². The number of rotatable bonds is 3. The zero-order valence-corrected chi connectivity index (χ0v) is 9.33. The van der Waals surface area contributed by atoms with E-state index in [9.17, 15) is 0 Å². The normalized spacial score (nSPS) is 9.47. The Morgan fingerprint density at radius 3 is 1.93 bits per heavy atom. The summed E-state index contributed by atoms with van der Waals surface area (Å²) in [5.41, 5.74) is 0. The minimum Gasteiger partial charge on any atom is -0.349 e. The third-order valence-corrected chi connectivity index (χ3v) is 1.93. The van der Waals surface area contributed by atoms with Crippen LogP contribution in [-0.4, -0.2) is 19.9 Å². The molecule has 2 aromatic heterocycles. The molecule has 0 amide bonds. The van der Waals surface area contributed by atoms with Gasteiger partial charge in [-0.3, -0.25) is 0 Å². The van der Waals surface area contributed by atoms with Crippen LogP contribution in [0, 0.1) is 0 Å². The summed E-state index contributed by atoms with van der Waals surface area (Å²) in [5, 5.41) is 0. The maximum absolute atomic E-state index is 4.05. The highest BCUT2D eigenvalue weighted by molar-refractivity contribution is 4.86. The number of imidazole rings is 2. The third kappa shape index (κ3) is 4.44. The summed E-state index contributed by atoms with van der Waals surface area (Å²) in [6.07, 6.45) is 10.4. The second-order valence-electron chi connectivity index (χ2n) is 3.18. The monoisotopic (exact) mass is 206 g/mol. The Morgan fingerprint density at radius 1 is 1.00 bits per heavy atom. The maximum Gasteiger partial charge on any atom is 0.105 e. The lowest BCUT2D eigenvalue weighted by atomic mass is 10.3. The lowest BCUT2D eigenvalue weighted by molar-refractivity contribution is 0.856. The molecule has 2 aromatic rings. The fourth-order valence-electron chi connectivity index (χ4n) is 1.16. The zero-order chi connectivity index (χ0) is 10.9. The summed E-state index contributed by atoms with van der Waals surface area (Å²) in [4.78, 5) is 14.0. The summed E-state index contributed by atoms with van der Waals surface area (Å²) < 4.78 is 0. The van der Waals surface area contributed by atoms with Crippen molar-refractivity contribution in [3.8, 4) is 0 Å². The first-order valence-electron chi connectivity index (χ1n) is 5.33. The number of hydrogen-bond acceptors (Lipinski definition) is 2. The lowest BCUT2D eigenvalue weighted by Gasteiger charge is -1.85. The first kappa shape index (κ1) is 11.5. The molecule has 2 N–H and O–H groups in total. The molecule has 0 radical (unpaired) electrons. The molecule has 0 atom stereocenters. The van der Waals surface area contributed by atoms with E-state index in [-0.39, 0.29) is 0 Å². The zero-order valence-electron chi connectivity index (χ0n) is 9.33. The summed E-state index contributed by atoms with van der Waals surface area (Å²) >= 11 is 0. The molecule has 0 fully saturated rings. The molecule has 0 saturated carbocycles. The Kier molecular flexibility index (Phi) is 5.22. The first-order valence-corrected chi connectivity index (χ1v) is 5.33. The van der Waals surface area contributed by atoms with E-state index in [1.165, 1.54) is 0 Å². The quantitative estimate of drug-likeness (QED) is 0.809. The highest BCUT2D eigenvalue weighted by atomic mass is 14.9. The topological polar surface area (TPSA) is 57.4 Å². The van der Waals surface area contributed by atoms with E-state index in [0.717, 1.165) is 30.9 Å². The number of hydrogen-bond donors (Lipinski definition) is 2. The molecule has 0 aliphatic rings. The molecule has 0 bridgehead atoms. The second kappa shape index (κ2) is 6.81. The van der Waals surface area contributed by atoms with Crippen LogP contribution in [0.4, 0.5) is 0 Å². The molecular formula is C11H18N4. The molecule has 0 unspecified atom stereocenters. The molecule has 0 spiro atoms. The van der Waals surface area contributed by atoms with Gasteiger partial charge in [0.05, 0.1) is 0 Å². The van der Waals surface area contributed by atoms with Crippen molar-refractivity contribution in [2.45, 2.75) is 33.1 Å². The van der Waals surface area contributed by atoms with E-state index in [1.54, 1.807) is 12.4 Å². The van der Waals surface area contributed by atoms with Crippen molar-refractivity contribution >= 4 is 0 Å². The molecular weight excluding hydrogens is 188 g/mol. The van der Waals surface area contributed by atoms with Crippen LogP contribution >= 0.6 is 0 Å². The molecule has 2 heterocycles. The molecule has 0 aliphatic carbocycles. The van der Waals surface area contributed by atoms with Crippen LogP contribution in [0.15, 0.2) is 24.8 Å². The Hall–Kier alpha value is -1.58. The smallest absolute Gasteiger partial charge is 0.105 e. The van der Waals surface area contributed by atoms with Gasteiger partial charge in [0.25, 0.3) is 0 Å². The average Bonchev–Trinajstić information content (AvgIpc) is 2.91. The van der Waals surface area contributed by atoms with E-state index in [2.05, 4.69) is 33.8 Å². The van der Waals surface area contributed by atoms with Crippen LogP contribution < -0.4 is 0 Å². The van der Waals surface area contributed by atoms with Crippen LogP contribution in [-0.2, 0) is 12.8 Å². The maximum atomic E-state index is 4.05. The van der Waals surface area contributed by atoms with Crippen molar-refractivity contribution in [3.63, 3.8) is 0 Å². The second-order valence-corrected chi connectivity index (χ2v) is 3.18. The van der Waals surface area contributed by atoms with E-state index < -0.39 is 0 Å². The number of H-pyrrole nitrogens is 2. The Bertz CT molecular complexity index is 323. The van der Waals surface area contributed by atoms with Gasteiger partial charge in [-0.15, -0.1) is 0 Å². The molecule has 82 valence electrons. The van der Waals surface area contributed by atoms with Crippen molar-refractivity contribution in [2.75, 3.05) is 0 Å². The molecule has 2 rings (SSSR count). The van der Waals surface area contributed by atoms with E-state index in [1.807, 2.05) is 12.4 Å². The summed E-state index contributed by atoms with van der Waals surface area (Å²) in [6.45, 7) is 4.21. The average molecular weight is 206 g/mol. The van der Waals surface area contributed by atoms with Crippen molar-refractivity contribution in [1.29, 1.82) is 0 Å². The van der Waals surface area contributed by atoms with Gasteiger partial charge in [-0.1, -0.05) is 13.8 Å². The van der Waals surface area contributed by atoms with Gasteiger partial charge in [-0.2, -0.15) is 0 Å². The number of nitrogens with one attached hydrogen (secondary N) is 2. The molecule has 0 aliphatic heterocycles. The van der Waals surface area contributed by atoms with Gasteiger partial charge in [0.2, 0.25) is 0 Å². The molecule has 0 aromatic carbocycles. The minimum absolute atomic E-state index is 0.993. The number of nitrogens with zero attached hydrogens (tertiary/aromatic N) is 2. The van der Waals surface area contributed by atoms with Crippen LogP contribution in [0.3, 0.4) is 0 Å². The minimum atomic E-state index is 0.993.